The van der Waals surface area contributed by atoms with Gasteiger partial charge in [-0.2, -0.15) is 0 Å². The maximum atomic E-state index is 13.6. The van der Waals surface area contributed by atoms with Gasteiger partial charge in [-0.05, 0) is 42.3 Å². The standard InChI is InChI=1S/C21H18FNO2S/c1-2-25-16-8-6-13(7-9-16)17-11-19(24)23-20-18(12-26-21(17)20)14-4-3-5-15(22)10-14/h3-10,12,17H,2,11H2,1H3,(H,23,24)/t17-/m0/s1. The lowest BCUT2D eigenvalue weighted by atomic mass is 9.89. The van der Waals surface area contributed by atoms with Gasteiger partial charge >= 0.3 is 0 Å². The molecule has 3 aromatic rings. The largest absolute Gasteiger partial charge is 0.494 e. The van der Waals surface area contributed by atoms with E-state index in [1.165, 1.54) is 12.1 Å². The lowest BCUT2D eigenvalue weighted by molar-refractivity contribution is -0.116. The Kier molecular flexibility index (Phi) is 4.47. The second kappa shape index (κ2) is 6.92. The molecule has 1 atom stereocenters. The molecule has 0 fully saturated rings. The number of halogens is 1. The van der Waals surface area contributed by atoms with Crippen LogP contribution in [-0.4, -0.2) is 12.5 Å². The smallest absolute Gasteiger partial charge is 0.225 e. The molecular formula is C21H18FNO2S. The second-order valence-corrected chi connectivity index (χ2v) is 7.12. The zero-order chi connectivity index (χ0) is 18.1. The molecule has 0 radical (unpaired) electrons. The number of benzene rings is 2. The zero-order valence-electron chi connectivity index (χ0n) is 14.3. The van der Waals surface area contributed by atoms with Crippen LogP contribution >= 0.6 is 11.3 Å². The van der Waals surface area contributed by atoms with Gasteiger partial charge in [-0.25, -0.2) is 4.39 Å². The molecule has 0 aliphatic carbocycles. The van der Waals surface area contributed by atoms with Crippen molar-refractivity contribution in [3.8, 4) is 16.9 Å². The summed E-state index contributed by atoms with van der Waals surface area (Å²) in [5.74, 6) is 0.519. The van der Waals surface area contributed by atoms with Crippen LogP contribution in [0, 0.1) is 5.82 Å². The van der Waals surface area contributed by atoms with Gasteiger partial charge in [0, 0.05) is 28.2 Å². The average molecular weight is 367 g/mol. The number of amides is 1. The Morgan fingerprint density at radius 3 is 2.77 bits per heavy atom. The summed E-state index contributed by atoms with van der Waals surface area (Å²) in [4.78, 5) is 13.4. The normalized spacial score (nSPS) is 16.1. The second-order valence-electron chi connectivity index (χ2n) is 6.21. The molecule has 1 aliphatic heterocycles. The molecule has 5 heteroatoms. The highest BCUT2D eigenvalue weighted by Gasteiger charge is 2.30. The predicted octanol–water partition coefficient (Wildman–Crippen LogP) is 5.43. The van der Waals surface area contributed by atoms with Crippen molar-refractivity contribution in [2.45, 2.75) is 19.3 Å². The van der Waals surface area contributed by atoms with Gasteiger partial charge < -0.3 is 10.1 Å². The summed E-state index contributed by atoms with van der Waals surface area (Å²) in [7, 11) is 0. The third-order valence-corrected chi connectivity index (χ3v) is 5.62. The molecule has 2 heterocycles. The number of carbonyl (C=O) groups excluding carboxylic acids is 1. The highest BCUT2D eigenvalue weighted by molar-refractivity contribution is 7.11. The van der Waals surface area contributed by atoms with Crippen LogP contribution in [0.15, 0.2) is 53.9 Å². The lowest BCUT2D eigenvalue weighted by Crippen LogP contribution is -2.22. The Bertz CT molecular complexity index is 949. The van der Waals surface area contributed by atoms with Crippen molar-refractivity contribution in [1.29, 1.82) is 0 Å². The summed E-state index contributed by atoms with van der Waals surface area (Å²) in [5.41, 5.74) is 3.52. The van der Waals surface area contributed by atoms with Crippen molar-refractivity contribution in [2.75, 3.05) is 11.9 Å². The summed E-state index contributed by atoms with van der Waals surface area (Å²) in [6, 6.07) is 14.4. The van der Waals surface area contributed by atoms with Crippen LogP contribution in [0.5, 0.6) is 5.75 Å². The average Bonchev–Trinajstić information content (AvgIpc) is 3.06. The highest BCUT2D eigenvalue weighted by Crippen LogP contribution is 2.46. The molecule has 1 aromatic heterocycles. The maximum absolute atomic E-state index is 13.6. The number of hydrogen-bond acceptors (Lipinski definition) is 3. The number of thiophene rings is 1. The summed E-state index contributed by atoms with van der Waals surface area (Å²) in [5, 5.41) is 4.97. The first-order valence-electron chi connectivity index (χ1n) is 8.55. The fraction of sp³-hybridized carbons (Fsp3) is 0.190. The van der Waals surface area contributed by atoms with Gasteiger partial charge in [0.15, 0.2) is 0 Å². The third-order valence-electron chi connectivity index (χ3n) is 4.52. The van der Waals surface area contributed by atoms with Crippen molar-refractivity contribution in [3.05, 3.63) is 70.2 Å². The zero-order valence-corrected chi connectivity index (χ0v) is 15.1. The minimum absolute atomic E-state index is 0.00161. The number of nitrogens with one attached hydrogen (secondary N) is 1. The van der Waals surface area contributed by atoms with Crippen molar-refractivity contribution in [3.63, 3.8) is 0 Å². The highest BCUT2D eigenvalue weighted by atomic mass is 32.1. The molecule has 1 N–H and O–H groups in total. The van der Waals surface area contributed by atoms with E-state index in [2.05, 4.69) is 5.32 Å². The predicted molar refractivity (Wildman–Crippen MR) is 102 cm³/mol. The number of carbonyl (C=O) groups is 1. The quantitative estimate of drug-likeness (QED) is 0.668. The van der Waals surface area contributed by atoms with E-state index in [1.807, 2.05) is 42.6 Å². The summed E-state index contributed by atoms with van der Waals surface area (Å²) < 4.78 is 19.1. The molecule has 132 valence electrons. The fourth-order valence-corrected chi connectivity index (χ4v) is 4.49. The molecule has 2 aromatic carbocycles. The summed E-state index contributed by atoms with van der Waals surface area (Å²) >= 11 is 1.60. The van der Waals surface area contributed by atoms with Gasteiger partial charge in [-0.1, -0.05) is 24.3 Å². The van der Waals surface area contributed by atoms with E-state index in [1.54, 1.807) is 17.4 Å². The first-order chi connectivity index (χ1) is 12.7. The van der Waals surface area contributed by atoms with Crippen LogP contribution in [0.1, 0.15) is 29.7 Å². The molecule has 1 aliphatic rings. The Morgan fingerprint density at radius 2 is 2.04 bits per heavy atom. The summed E-state index contributed by atoms with van der Waals surface area (Å²) in [6.45, 7) is 2.57. The topological polar surface area (TPSA) is 38.3 Å². The number of rotatable bonds is 4. The molecule has 26 heavy (non-hydrogen) atoms. The maximum Gasteiger partial charge on any atom is 0.225 e. The Morgan fingerprint density at radius 1 is 1.23 bits per heavy atom. The van der Waals surface area contributed by atoms with E-state index < -0.39 is 0 Å². The van der Waals surface area contributed by atoms with Gasteiger partial charge in [0.25, 0.3) is 0 Å². The van der Waals surface area contributed by atoms with Crippen LogP contribution in [0.25, 0.3) is 11.1 Å². The summed E-state index contributed by atoms with van der Waals surface area (Å²) in [6.07, 6.45) is 0.407. The molecule has 0 spiro atoms. The first-order valence-corrected chi connectivity index (χ1v) is 9.43. The van der Waals surface area contributed by atoms with E-state index in [9.17, 15) is 9.18 Å². The number of anilines is 1. The van der Waals surface area contributed by atoms with E-state index >= 15 is 0 Å². The van der Waals surface area contributed by atoms with Gasteiger partial charge in [0.1, 0.15) is 11.6 Å². The first kappa shape index (κ1) is 16.8. The monoisotopic (exact) mass is 367 g/mol. The van der Waals surface area contributed by atoms with E-state index in [0.29, 0.717) is 13.0 Å². The van der Waals surface area contributed by atoms with Crippen molar-refractivity contribution >= 4 is 22.9 Å². The molecule has 0 saturated carbocycles. The van der Waals surface area contributed by atoms with Crippen LogP contribution < -0.4 is 10.1 Å². The minimum Gasteiger partial charge on any atom is -0.494 e. The van der Waals surface area contributed by atoms with Crippen LogP contribution in [0.4, 0.5) is 10.1 Å². The number of ether oxygens (including phenoxy) is 1. The Hall–Kier alpha value is -2.66. The van der Waals surface area contributed by atoms with E-state index in [0.717, 1.165) is 33.0 Å². The van der Waals surface area contributed by atoms with Crippen LogP contribution in [0.3, 0.4) is 0 Å². The molecule has 0 saturated heterocycles. The molecule has 4 rings (SSSR count). The van der Waals surface area contributed by atoms with E-state index in [-0.39, 0.29) is 17.6 Å². The van der Waals surface area contributed by atoms with Crippen molar-refractivity contribution in [2.24, 2.45) is 0 Å². The van der Waals surface area contributed by atoms with Crippen molar-refractivity contribution in [1.82, 2.24) is 0 Å². The molecular weight excluding hydrogens is 349 g/mol. The molecule has 0 unspecified atom stereocenters. The number of fused-ring (bicyclic) bond motifs is 1. The van der Waals surface area contributed by atoms with Crippen LogP contribution in [0.2, 0.25) is 0 Å². The third kappa shape index (κ3) is 3.10. The van der Waals surface area contributed by atoms with E-state index in [4.69, 9.17) is 4.74 Å². The number of hydrogen-bond donors (Lipinski definition) is 1. The van der Waals surface area contributed by atoms with Crippen LogP contribution in [-0.2, 0) is 4.79 Å². The lowest BCUT2D eigenvalue weighted by Gasteiger charge is -2.24. The van der Waals surface area contributed by atoms with Gasteiger partial charge in [0.05, 0.1) is 12.3 Å². The molecule has 3 nitrogen and oxygen atoms in total. The van der Waals surface area contributed by atoms with Gasteiger partial charge in [-0.15, -0.1) is 11.3 Å². The van der Waals surface area contributed by atoms with Crippen molar-refractivity contribution < 1.29 is 13.9 Å². The molecule has 0 bridgehead atoms. The molecule has 1 amide bonds. The van der Waals surface area contributed by atoms with Gasteiger partial charge in [-0.3, -0.25) is 4.79 Å². The van der Waals surface area contributed by atoms with Gasteiger partial charge in [0.2, 0.25) is 5.91 Å². The fourth-order valence-electron chi connectivity index (χ4n) is 3.33. The Labute approximate surface area is 155 Å². The Balaban J connectivity index is 1.74. The minimum atomic E-state index is -0.285. The SMILES string of the molecule is CCOc1ccc([C@@H]2CC(=O)Nc3c(-c4cccc(F)c4)csc32)cc1.